The highest BCUT2D eigenvalue weighted by Gasteiger charge is 2.18. The lowest BCUT2D eigenvalue weighted by Crippen LogP contribution is -2.27. The van der Waals surface area contributed by atoms with Crippen molar-refractivity contribution in [3.8, 4) is 12.3 Å². The monoisotopic (exact) mass is 360 g/mol. The van der Waals surface area contributed by atoms with Crippen LogP contribution < -0.4 is 16.2 Å². The molecule has 2 amide bonds. The van der Waals surface area contributed by atoms with Gasteiger partial charge in [-0.05, 0) is 18.2 Å². The van der Waals surface area contributed by atoms with Gasteiger partial charge in [-0.25, -0.2) is 4.68 Å². The molecule has 0 radical (unpaired) electrons. The largest absolute Gasteiger partial charge is 0.341 e. The van der Waals surface area contributed by atoms with E-state index in [1.54, 1.807) is 48.5 Å². The van der Waals surface area contributed by atoms with E-state index < -0.39 is 11.8 Å². The lowest BCUT2D eigenvalue weighted by Gasteiger charge is -2.12. The van der Waals surface area contributed by atoms with Crippen molar-refractivity contribution in [1.29, 1.82) is 0 Å². The van der Waals surface area contributed by atoms with Gasteiger partial charge in [0.05, 0.1) is 23.2 Å². The summed E-state index contributed by atoms with van der Waals surface area (Å²) in [5.74, 6) is 1.39. The molecule has 0 fully saturated rings. The fourth-order valence-corrected chi connectivity index (χ4v) is 2.67. The summed E-state index contributed by atoms with van der Waals surface area (Å²) in [4.78, 5) is 37.3. The van der Waals surface area contributed by atoms with E-state index in [1.807, 2.05) is 0 Å². The van der Waals surface area contributed by atoms with E-state index in [2.05, 4.69) is 21.7 Å². The zero-order chi connectivity index (χ0) is 19.4. The SMILES string of the molecule is C#CCNC(=O)c1ccccc1NC(=O)c1nn(C)c(=O)c2ccccc12. The van der Waals surface area contributed by atoms with E-state index >= 15 is 0 Å². The molecule has 2 N–H and O–H groups in total. The van der Waals surface area contributed by atoms with Gasteiger partial charge in [-0.1, -0.05) is 36.3 Å². The zero-order valence-corrected chi connectivity index (χ0v) is 14.5. The molecule has 2 aromatic carbocycles. The maximum absolute atomic E-state index is 12.8. The summed E-state index contributed by atoms with van der Waals surface area (Å²) in [5.41, 5.74) is 0.384. The first kappa shape index (κ1) is 17.9. The van der Waals surface area contributed by atoms with Gasteiger partial charge in [0.15, 0.2) is 5.69 Å². The van der Waals surface area contributed by atoms with Crippen LogP contribution in [0.2, 0.25) is 0 Å². The molecule has 0 spiro atoms. The number of aryl methyl sites for hydroxylation is 1. The number of para-hydroxylation sites is 1. The smallest absolute Gasteiger partial charge is 0.276 e. The standard InChI is InChI=1S/C20H16N4O3/c1-3-12-21-18(25)15-10-6-7-11-16(15)22-19(26)17-13-8-4-5-9-14(13)20(27)24(2)23-17/h1,4-11H,12H2,2H3,(H,21,25)(H,22,26). The van der Waals surface area contributed by atoms with Crippen molar-refractivity contribution in [3.63, 3.8) is 0 Å². The Bertz CT molecular complexity index is 1140. The van der Waals surface area contributed by atoms with Gasteiger partial charge in [0.25, 0.3) is 17.4 Å². The summed E-state index contributed by atoms with van der Waals surface area (Å²) in [6, 6.07) is 13.3. The van der Waals surface area contributed by atoms with Crippen LogP contribution in [0.1, 0.15) is 20.8 Å². The summed E-state index contributed by atoms with van der Waals surface area (Å²) in [7, 11) is 1.48. The fourth-order valence-electron chi connectivity index (χ4n) is 2.67. The Hall–Kier alpha value is -3.92. The van der Waals surface area contributed by atoms with Gasteiger partial charge < -0.3 is 10.6 Å². The zero-order valence-electron chi connectivity index (χ0n) is 14.5. The van der Waals surface area contributed by atoms with E-state index in [-0.39, 0.29) is 23.4 Å². The number of benzene rings is 2. The summed E-state index contributed by atoms with van der Waals surface area (Å²) < 4.78 is 1.11. The predicted molar refractivity (Wildman–Crippen MR) is 103 cm³/mol. The number of amides is 2. The van der Waals surface area contributed by atoms with E-state index in [1.165, 1.54) is 7.05 Å². The first-order valence-electron chi connectivity index (χ1n) is 8.11. The Morgan fingerprint density at radius 3 is 2.48 bits per heavy atom. The second-order valence-corrected chi connectivity index (χ2v) is 5.71. The molecule has 0 aliphatic rings. The lowest BCUT2D eigenvalue weighted by atomic mass is 10.1. The van der Waals surface area contributed by atoms with Crippen molar-refractivity contribution < 1.29 is 9.59 Å². The van der Waals surface area contributed by atoms with E-state index in [0.717, 1.165) is 4.68 Å². The first-order valence-corrected chi connectivity index (χ1v) is 8.11. The van der Waals surface area contributed by atoms with E-state index in [9.17, 15) is 14.4 Å². The number of nitrogens with one attached hydrogen (secondary N) is 2. The van der Waals surface area contributed by atoms with Gasteiger partial charge in [0, 0.05) is 12.4 Å². The number of rotatable bonds is 4. The summed E-state index contributed by atoms with van der Waals surface area (Å²) in [6.45, 7) is 0.0775. The summed E-state index contributed by atoms with van der Waals surface area (Å²) >= 11 is 0. The van der Waals surface area contributed by atoms with Gasteiger partial charge in [-0.3, -0.25) is 14.4 Å². The molecular formula is C20H16N4O3. The molecule has 1 heterocycles. The second kappa shape index (κ2) is 7.54. The van der Waals surface area contributed by atoms with E-state index in [4.69, 9.17) is 6.42 Å². The number of terminal acetylenes is 1. The van der Waals surface area contributed by atoms with Gasteiger partial charge >= 0.3 is 0 Å². The average Bonchev–Trinajstić information content (AvgIpc) is 2.69. The van der Waals surface area contributed by atoms with Crippen LogP contribution in [0, 0.1) is 12.3 Å². The van der Waals surface area contributed by atoms with Gasteiger partial charge in [0.2, 0.25) is 0 Å². The Morgan fingerprint density at radius 1 is 1.07 bits per heavy atom. The number of aromatic nitrogens is 2. The third kappa shape index (κ3) is 3.55. The fraction of sp³-hybridized carbons (Fsp3) is 0.100. The molecule has 3 aromatic rings. The molecule has 27 heavy (non-hydrogen) atoms. The van der Waals surface area contributed by atoms with Gasteiger partial charge in [-0.15, -0.1) is 6.42 Å². The molecule has 1 aromatic heterocycles. The van der Waals surface area contributed by atoms with Crippen molar-refractivity contribution in [1.82, 2.24) is 15.1 Å². The van der Waals surface area contributed by atoms with Gasteiger partial charge in [-0.2, -0.15) is 5.10 Å². The maximum Gasteiger partial charge on any atom is 0.276 e. The Balaban J connectivity index is 2.00. The summed E-state index contributed by atoms with van der Waals surface area (Å²) in [5, 5.41) is 10.2. The van der Waals surface area contributed by atoms with Crippen LogP contribution >= 0.6 is 0 Å². The number of carbonyl (C=O) groups excluding carboxylic acids is 2. The quantitative estimate of drug-likeness (QED) is 0.691. The molecular weight excluding hydrogens is 344 g/mol. The number of hydrogen-bond donors (Lipinski definition) is 2. The molecule has 3 rings (SSSR count). The molecule has 0 aliphatic heterocycles. The molecule has 7 heteroatoms. The van der Waals surface area contributed by atoms with Crippen LogP contribution in [-0.2, 0) is 7.05 Å². The maximum atomic E-state index is 12.8. The molecule has 0 aliphatic carbocycles. The van der Waals surface area contributed by atoms with E-state index in [0.29, 0.717) is 16.5 Å². The third-order valence-corrected chi connectivity index (χ3v) is 3.94. The first-order chi connectivity index (χ1) is 13.0. The normalized spacial score (nSPS) is 10.2. The van der Waals surface area contributed by atoms with Crippen LogP contribution in [0.5, 0.6) is 0 Å². The van der Waals surface area contributed by atoms with Crippen LogP contribution in [0.4, 0.5) is 5.69 Å². The summed E-state index contributed by atoms with van der Waals surface area (Å²) in [6.07, 6.45) is 5.16. The number of fused-ring (bicyclic) bond motifs is 1. The minimum atomic E-state index is -0.529. The number of hydrogen-bond acceptors (Lipinski definition) is 4. The Morgan fingerprint density at radius 2 is 1.74 bits per heavy atom. The Labute approximate surface area is 155 Å². The van der Waals surface area contributed by atoms with Crippen LogP contribution in [0.25, 0.3) is 10.8 Å². The van der Waals surface area contributed by atoms with Crippen molar-refractivity contribution >= 4 is 28.3 Å². The molecule has 134 valence electrons. The lowest BCUT2D eigenvalue weighted by molar-refractivity contribution is 0.0959. The van der Waals surface area contributed by atoms with Crippen molar-refractivity contribution in [3.05, 3.63) is 70.1 Å². The molecule has 0 saturated heterocycles. The molecule has 0 saturated carbocycles. The minimum absolute atomic E-state index is 0.0775. The van der Waals surface area contributed by atoms with Crippen LogP contribution in [0.15, 0.2) is 53.3 Å². The predicted octanol–water partition coefficient (Wildman–Crippen LogP) is 1.55. The number of carbonyl (C=O) groups is 2. The average molecular weight is 360 g/mol. The topological polar surface area (TPSA) is 93.1 Å². The second-order valence-electron chi connectivity index (χ2n) is 5.71. The molecule has 0 bridgehead atoms. The highest BCUT2D eigenvalue weighted by molar-refractivity contribution is 6.13. The molecule has 0 unspecified atom stereocenters. The third-order valence-electron chi connectivity index (χ3n) is 3.94. The minimum Gasteiger partial charge on any atom is -0.341 e. The highest BCUT2D eigenvalue weighted by Crippen LogP contribution is 2.18. The van der Waals surface area contributed by atoms with Crippen molar-refractivity contribution in [2.45, 2.75) is 0 Å². The number of nitrogens with zero attached hydrogens (tertiary/aromatic N) is 2. The molecule has 7 nitrogen and oxygen atoms in total. The van der Waals surface area contributed by atoms with Crippen molar-refractivity contribution in [2.75, 3.05) is 11.9 Å². The van der Waals surface area contributed by atoms with Crippen LogP contribution in [0.3, 0.4) is 0 Å². The van der Waals surface area contributed by atoms with Crippen LogP contribution in [-0.4, -0.2) is 28.1 Å². The Kier molecular flexibility index (Phi) is 4.99. The van der Waals surface area contributed by atoms with Gasteiger partial charge in [0.1, 0.15) is 0 Å². The molecule has 0 atom stereocenters. The van der Waals surface area contributed by atoms with Crippen molar-refractivity contribution in [2.24, 2.45) is 7.05 Å². The number of anilines is 1. The highest BCUT2D eigenvalue weighted by atomic mass is 16.2.